The van der Waals surface area contributed by atoms with Gasteiger partial charge in [-0.3, -0.25) is 10.1 Å². The molecule has 3 aromatic heterocycles. The number of amides is 1. The van der Waals surface area contributed by atoms with Crippen LogP contribution in [0.15, 0.2) is 24.5 Å². The number of pyridine rings is 1. The van der Waals surface area contributed by atoms with Gasteiger partial charge in [-0.25, -0.2) is 14.8 Å². The first-order valence-electron chi connectivity index (χ1n) is 14.0. The van der Waals surface area contributed by atoms with Crippen LogP contribution in [0.3, 0.4) is 0 Å². The van der Waals surface area contributed by atoms with Crippen molar-refractivity contribution in [3.05, 3.63) is 30.2 Å². The fourth-order valence-corrected chi connectivity index (χ4v) is 7.14. The quantitative estimate of drug-likeness (QED) is 0.528. The van der Waals surface area contributed by atoms with Crippen LogP contribution in [0, 0.1) is 17.3 Å². The molecule has 0 radical (unpaired) electrons. The van der Waals surface area contributed by atoms with Gasteiger partial charge in [0.15, 0.2) is 17.0 Å². The van der Waals surface area contributed by atoms with Crippen LogP contribution in [0.4, 0.5) is 22.1 Å². The molecule has 10 heteroatoms. The number of aromatic nitrogens is 5. The molecule has 4 aliphatic rings. The van der Waals surface area contributed by atoms with Crippen LogP contribution in [0.1, 0.15) is 58.6 Å². The average Bonchev–Trinajstić information content (AvgIpc) is 3.41. The van der Waals surface area contributed by atoms with E-state index in [1.54, 1.807) is 0 Å². The fourth-order valence-electron chi connectivity index (χ4n) is 7.14. The van der Waals surface area contributed by atoms with E-state index >= 15 is 0 Å². The normalized spacial score (nSPS) is 25.8. The zero-order chi connectivity index (χ0) is 26.1. The Morgan fingerprint density at radius 2 is 2.05 bits per heavy atom. The minimum atomic E-state index is -0.486. The molecule has 38 heavy (non-hydrogen) atoms. The molecule has 0 aromatic carbocycles. The number of ether oxygens (including phenoxy) is 1. The van der Waals surface area contributed by atoms with Crippen LogP contribution in [-0.4, -0.2) is 62.5 Å². The zero-order valence-corrected chi connectivity index (χ0v) is 22.4. The smallest absolute Gasteiger partial charge is 0.407 e. The van der Waals surface area contributed by atoms with E-state index in [1.165, 1.54) is 12.8 Å². The van der Waals surface area contributed by atoms with E-state index in [2.05, 4.69) is 36.4 Å². The van der Waals surface area contributed by atoms with Gasteiger partial charge in [0.05, 0.1) is 17.6 Å². The lowest BCUT2D eigenvalue weighted by molar-refractivity contribution is 0.0417. The molecule has 0 unspecified atom stereocenters. The van der Waals surface area contributed by atoms with Gasteiger partial charge in [0.25, 0.3) is 0 Å². The summed E-state index contributed by atoms with van der Waals surface area (Å²) in [5.41, 5.74) is 3.36. The molecule has 2 N–H and O–H groups in total. The lowest BCUT2D eigenvalue weighted by Crippen LogP contribution is -2.53. The molecule has 10 nitrogen and oxygen atoms in total. The van der Waals surface area contributed by atoms with Gasteiger partial charge in [-0.2, -0.15) is 5.10 Å². The first kappa shape index (κ1) is 23.7. The third kappa shape index (κ3) is 4.05. The highest BCUT2D eigenvalue weighted by atomic mass is 16.6. The van der Waals surface area contributed by atoms with Gasteiger partial charge in [-0.05, 0) is 88.7 Å². The van der Waals surface area contributed by atoms with Crippen molar-refractivity contribution >= 4 is 34.6 Å². The minimum Gasteiger partial charge on any atom is -0.444 e. The number of rotatable bonds is 3. The molecule has 3 fully saturated rings. The molecule has 1 spiro atoms. The number of aromatic amines is 1. The minimum absolute atomic E-state index is 0.148. The van der Waals surface area contributed by atoms with E-state index in [9.17, 15) is 4.79 Å². The number of hydrogen-bond acceptors (Lipinski definition) is 8. The fraction of sp³-hybridized carbons (Fsp3) is 0.607. The second-order valence-electron chi connectivity index (χ2n) is 12.5. The van der Waals surface area contributed by atoms with E-state index in [1.807, 2.05) is 39.2 Å². The Morgan fingerprint density at radius 3 is 2.87 bits per heavy atom. The Kier molecular flexibility index (Phi) is 5.32. The Morgan fingerprint density at radius 1 is 1.21 bits per heavy atom. The summed E-state index contributed by atoms with van der Waals surface area (Å²) in [5.74, 6) is 3.04. The second-order valence-corrected chi connectivity index (χ2v) is 12.5. The Balaban J connectivity index is 1.07. The number of fused-ring (bicyclic) bond motifs is 3. The molecule has 1 saturated heterocycles. The van der Waals surface area contributed by atoms with Gasteiger partial charge in [-0.15, -0.1) is 0 Å². The number of anilines is 3. The van der Waals surface area contributed by atoms with Gasteiger partial charge in [-0.1, -0.05) is 0 Å². The van der Waals surface area contributed by atoms with Crippen LogP contribution < -0.4 is 15.1 Å². The maximum absolute atomic E-state index is 12.6. The third-order valence-corrected chi connectivity index (χ3v) is 8.94. The largest absolute Gasteiger partial charge is 0.444 e. The second kappa shape index (κ2) is 8.54. The Bertz CT molecular complexity index is 1370. The molecule has 200 valence electrons. The van der Waals surface area contributed by atoms with Crippen molar-refractivity contribution < 1.29 is 9.53 Å². The van der Waals surface area contributed by atoms with E-state index in [4.69, 9.17) is 14.7 Å². The van der Waals surface area contributed by atoms with Gasteiger partial charge in [0.1, 0.15) is 11.4 Å². The summed E-state index contributed by atoms with van der Waals surface area (Å²) in [4.78, 5) is 31.5. The molecule has 7 rings (SSSR count). The number of carbonyl (C=O) groups excluding carboxylic acids is 1. The molecule has 2 saturated carbocycles. The van der Waals surface area contributed by atoms with Crippen molar-refractivity contribution in [3.8, 4) is 0 Å². The molecule has 2 aliphatic carbocycles. The van der Waals surface area contributed by atoms with Crippen molar-refractivity contribution in [2.24, 2.45) is 17.3 Å². The molecule has 3 aromatic rings. The van der Waals surface area contributed by atoms with E-state index in [-0.39, 0.29) is 17.6 Å². The first-order chi connectivity index (χ1) is 18.3. The van der Waals surface area contributed by atoms with Crippen molar-refractivity contribution in [3.63, 3.8) is 0 Å². The number of H-pyrrole nitrogens is 1. The van der Waals surface area contributed by atoms with Crippen molar-refractivity contribution in [1.29, 1.82) is 0 Å². The molecule has 5 heterocycles. The van der Waals surface area contributed by atoms with Crippen LogP contribution in [0.25, 0.3) is 11.2 Å². The number of piperidine rings is 1. The SMILES string of the molecule is CC(C)(C)OC(=O)N[C@H]1[C@@H]2C[C@@H]2CC12CCN(c1cnc3c(N4CCCc5ncccc54)n[nH]c3n1)CC2. The van der Waals surface area contributed by atoms with Crippen LogP contribution in [-0.2, 0) is 11.2 Å². The van der Waals surface area contributed by atoms with Gasteiger partial charge in [0, 0.05) is 31.9 Å². The molecule has 3 atom stereocenters. The third-order valence-electron chi connectivity index (χ3n) is 8.94. The van der Waals surface area contributed by atoms with Gasteiger partial charge < -0.3 is 19.9 Å². The van der Waals surface area contributed by atoms with Crippen molar-refractivity contribution in [1.82, 2.24) is 30.5 Å². The number of aryl methyl sites for hydroxylation is 1. The van der Waals surface area contributed by atoms with E-state index < -0.39 is 5.60 Å². The molecule has 0 bridgehead atoms. The number of nitrogens with zero attached hydrogens (tertiary/aromatic N) is 6. The van der Waals surface area contributed by atoms with Crippen LogP contribution >= 0.6 is 0 Å². The highest BCUT2D eigenvalue weighted by molar-refractivity contribution is 5.87. The summed E-state index contributed by atoms with van der Waals surface area (Å²) in [6, 6.07) is 4.28. The predicted molar refractivity (Wildman–Crippen MR) is 144 cm³/mol. The molecular formula is C28H36N8O2. The predicted octanol–water partition coefficient (Wildman–Crippen LogP) is 4.35. The molecule has 1 amide bonds. The van der Waals surface area contributed by atoms with Gasteiger partial charge >= 0.3 is 6.09 Å². The van der Waals surface area contributed by atoms with Gasteiger partial charge in [0.2, 0.25) is 0 Å². The summed E-state index contributed by atoms with van der Waals surface area (Å²) in [6.07, 6.45) is 9.97. The summed E-state index contributed by atoms with van der Waals surface area (Å²) >= 11 is 0. The van der Waals surface area contributed by atoms with Crippen LogP contribution in [0.2, 0.25) is 0 Å². The summed E-state index contributed by atoms with van der Waals surface area (Å²) in [7, 11) is 0. The maximum atomic E-state index is 12.6. The van der Waals surface area contributed by atoms with Crippen molar-refractivity contribution in [2.45, 2.75) is 70.9 Å². The summed E-state index contributed by atoms with van der Waals surface area (Å²) in [5, 5.41) is 11.0. The lowest BCUT2D eigenvalue weighted by atomic mass is 9.71. The molecular weight excluding hydrogens is 480 g/mol. The first-order valence-corrected chi connectivity index (χ1v) is 14.0. The van der Waals surface area contributed by atoms with Crippen LogP contribution in [0.5, 0.6) is 0 Å². The Labute approximate surface area is 222 Å². The topological polar surface area (TPSA) is 112 Å². The highest BCUT2D eigenvalue weighted by Crippen LogP contribution is 2.63. The summed E-state index contributed by atoms with van der Waals surface area (Å²) < 4.78 is 5.60. The monoisotopic (exact) mass is 516 g/mol. The standard InChI is InChI=1S/C28H36N8O2/c1-27(2,3)38-26(37)32-23-18-14-17(18)15-28(23)8-12-35(13-9-28)21-16-30-22-24(31-21)33-34-25(22)36-11-5-6-19-20(36)7-4-10-29-19/h4,7,10,16-18,23H,5-6,8-9,11-15H2,1-3H3,(H,32,37)(H,31,33,34)/t17-,18-,23+/m1/s1. The van der Waals surface area contributed by atoms with E-state index in [0.29, 0.717) is 11.6 Å². The molecule has 2 aliphatic heterocycles. The average molecular weight is 517 g/mol. The highest BCUT2D eigenvalue weighted by Gasteiger charge is 2.62. The number of carbonyl (C=O) groups is 1. The number of alkyl carbamates (subject to hydrolysis) is 1. The van der Waals surface area contributed by atoms with E-state index in [0.717, 1.165) is 79.8 Å². The lowest BCUT2D eigenvalue weighted by Gasteiger charge is -2.45. The Hall–Kier alpha value is -3.43. The zero-order valence-electron chi connectivity index (χ0n) is 22.4. The number of nitrogens with one attached hydrogen (secondary N) is 2. The van der Waals surface area contributed by atoms with Crippen molar-refractivity contribution in [2.75, 3.05) is 29.4 Å². The number of hydrogen-bond donors (Lipinski definition) is 2. The maximum Gasteiger partial charge on any atom is 0.407 e. The summed E-state index contributed by atoms with van der Waals surface area (Å²) in [6.45, 7) is 8.43.